The summed E-state index contributed by atoms with van der Waals surface area (Å²) in [5.41, 5.74) is 2.39. The minimum atomic E-state index is -3.59. The summed E-state index contributed by atoms with van der Waals surface area (Å²) in [5, 5.41) is 29.8. The second kappa shape index (κ2) is 11.2. The fourth-order valence-corrected chi connectivity index (χ4v) is 3.65. The van der Waals surface area contributed by atoms with Crippen molar-refractivity contribution >= 4 is 42.6 Å². The Balaban J connectivity index is 2.61. The highest BCUT2D eigenvalue weighted by atomic mass is 32.2. The standard InChI is InChI=1S/C22H30N3O6PS/c1-13(2)20-18(10-7-15(26)11-16(27)12-19(28)29)21(14-5-8-17(32)9-6-14)24-22(23-20)25(3)33(4,30)31/h5-10,13,15-16,26-27H,11-12,32H2,1-4H3,(H,28,29)/b10-7+/t15-,16-/m1/s1. The molecule has 1 aromatic carbocycles. The van der Waals surface area contributed by atoms with Crippen LogP contribution in [0.15, 0.2) is 30.3 Å². The van der Waals surface area contributed by atoms with E-state index in [1.165, 1.54) is 13.1 Å². The monoisotopic (exact) mass is 495 g/mol. The Bertz CT molecular complexity index is 1120. The van der Waals surface area contributed by atoms with Gasteiger partial charge in [-0.05, 0) is 11.2 Å². The summed E-state index contributed by atoms with van der Waals surface area (Å²) in [7, 11) is 0.380. The number of nitrogens with zero attached hydrogens (tertiary/aromatic N) is 3. The topological polar surface area (TPSA) is 141 Å². The molecule has 0 bridgehead atoms. The maximum atomic E-state index is 12.1. The third kappa shape index (κ3) is 7.57. The number of aliphatic hydroxyl groups excluding tert-OH is 2. The van der Waals surface area contributed by atoms with Crippen LogP contribution in [0.25, 0.3) is 17.3 Å². The molecule has 1 unspecified atom stereocenters. The third-order valence-electron chi connectivity index (χ3n) is 4.88. The van der Waals surface area contributed by atoms with Crippen LogP contribution in [0, 0.1) is 0 Å². The molecule has 0 aliphatic heterocycles. The molecule has 3 atom stereocenters. The Labute approximate surface area is 196 Å². The van der Waals surface area contributed by atoms with Crippen molar-refractivity contribution in [1.29, 1.82) is 0 Å². The first-order valence-electron chi connectivity index (χ1n) is 10.3. The highest BCUT2D eigenvalue weighted by Gasteiger charge is 2.22. The maximum Gasteiger partial charge on any atom is 0.305 e. The van der Waals surface area contributed by atoms with E-state index in [9.17, 15) is 23.4 Å². The van der Waals surface area contributed by atoms with Crippen molar-refractivity contribution in [1.82, 2.24) is 9.97 Å². The van der Waals surface area contributed by atoms with E-state index in [2.05, 4.69) is 19.2 Å². The number of sulfonamides is 1. The van der Waals surface area contributed by atoms with Crippen molar-refractivity contribution in [3.05, 3.63) is 41.6 Å². The zero-order valence-corrected chi connectivity index (χ0v) is 21.0. The molecule has 0 saturated carbocycles. The minimum absolute atomic E-state index is 0.0285. The summed E-state index contributed by atoms with van der Waals surface area (Å²) in [6.07, 6.45) is 1.24. The zero-order chi connectivity index (χ0) is 24.9. The van der Waals surface area contributed by atoms with Crippen LogP contribution in [-0.2, 0) is 14.8 Å². The average Bonchev–Trinajstić information content (AvgIpc) is 2.70. The van der Waals surface area contributed by atoms with E-state index in [1.807, 2.05) is 38.1 Å². The molecular weight excluding hydrogens is 465 g/mol. The molecule has 11 heteroatoms. The average molecular weight is 496 g/mol. The van der Waals surface area contributed by atoms with Gasteiger partial charge in [-0.3, -0.25) is 4.79 Å². The van der Waals surface area contributed by atoms with Gasteiger partial charge in [-0.25, -0.2) is 22.7 Å². The molecular formula is C22H30N3O6PS. The largest absolute Gasteiger partial charge is 0.481 e. The van der Waals surface area contributed by atoms with E-state index < -0.39 is 34.6 Å². The van der Waals surface area contributed by atoms with Crippen molar-refractivity contribution in [2.45, 2.75) is 44.8 Å². The maximum absolute atomic E-state index is 12.1. The predicted molar refractivity (Wildman–Crippen MR) is 132 cm³/mol. The fourth-order valence-electron chi connectivity index (χ4n) is 3.08. The number of rotatable bonds is 10. The van der Waals surface area contributed by atoms with Gasteiger partial charge >= 0.3 is 5.97 Å². The molecule has 0 radical (unpaired) electrons. The molecule has 33 heavy (non-hydrogen) atoms. The zero-order valence-electron chi connectivity index (χ0n) is 19.0. The SMILES string of the molecule is CC(C)c1nc(N(C)S(C)(=O)=O)nc(-c2ccc(P)cc2)c1/C=C/[C@@H](O)C[C@@H](O)CC(=O)O. The van der Waals surface area contributed by atoms with Crippen LogP contribution < -0.4 is 9.61 Å². The number of hydrogen-bond donors (Lipinski definition) is 3. The van der Waals surface area contributed by atoms with Crippen LogP contribution in [0.5, 0.6) is 0 Å². The molecule has 3 N–H and O–H groups in total. The van der Waals surface area contributed by atoms with Crippen molar-refractivity contribution < 1.29 is 28.5 Å². The lowest BCUT2D eigenvalue weighted by Crippen LogP contribution is -2.27. The number of aliphatic hydroxyl groups is 2. The van der Waals surface area contributed by atoms with E-state index in [0.717, 1.165) is 21.4 Å². The smallest absolute Gasteiger partial charge is 0.305 e. The number of carboxylic acids is 1. The van der Waals surface area contributed by atoms with Crippen LogP contribution in [0.4, 0.5) is 5.95 Å². The second-order valence-corrected chi connectivity index (χ2v) is 10.8. The first kappa shape index (κ1) is 26.9. The number of carboxylic acid groups (broad SMARTS) is 1. The lowest BCUT2D eigenvalue weighted by atomic mass is 9.97. The Morgan fingerprint density at radius 1 is 1.18 bits per heavy atom. The number of hydrogen-bond acceptors (Lipinski definition) is 7. The summed E-state index contributed by atoms with van der Waals surface area (Å²) in [4.78, 5) is 19.8. The number of aromatic nitrogens is 2. The molecule has 0 aliphatic carbocycles. The van der Waals surface area contributed by atoms with E-state index in [-0.39, 0.29) is 18.3 Å². The molecule has 0 amide bonds. The Hall–Kier alpha value is -2.39. The third-order valence-corrected chi connectivity index (χ3v) is 6.43. The molecule has 180 valence electrons. The molecule has 1 heterocycles. The fraction of sp³-hybridized carbons (Fsp3) is 0.409. The van der Waals surface area contributed by atoms with Gasteiger partial charge < -0.3 is 15.3 Å². The van der Waals surface area contributed by atoms with Crippen LogP contribution in [0.1, 0.15) is 43.9 Å². The second-order valence-electron chi connectivity index (χ2n) is 8.09. The summed E-state index contributed by atoms with van der Waals surface area (Å²) >= 11 is 0. The van der Waals surface area contributed by atoms with Crippen molar-refractivity contribution in [3.8, 4) is 11.3 Å². The van der Waals surface area contributed by atoms with Gasteiger partial charge in [0.25, 0.3) is 0 Å². The normalized spacial score (nSPS) is 13.9. The van der Waals surface area contributed by atoms with Crippen molar-refractivity contribution in [3.63, 3.8) is 0 Å². The predicted octanol–water partition coefficient (Wildman–Crippen LogP) is 1.76. The highest BCUT2D eigenvalue weighted by molar-refractivity contribution is 7.92. The Kier molecular flexibility index (Phi) is 9.08. The van der Waals surface area contributed by atoms with E-state index in [1.54, 1.807) is 6.08 Å². The van der Waals surface area contributed by atoms with Gasteiger partial charge in [0, 0.05) is 24.6 Å². The van der Waals surface area contributed by atoms with E-state index in [0.29, 0.717) is 17.0 Å². The molecule has 0 spiro atoms. The number of aliphatic carboxylic acids is 1. The van der Waals surface area contributed by atoms with Gasteiger partial charge in [0.15, 0.2) is 0 Å². The van der Waals surface area contributed by atoms with Gasteiger partial charge in [-0.1, -0.05) is 50.3 Å². The van der Waals surface area contributed by atoms with Crippen molar-refractivity contribution in [2.24, 2.45) is 0 Å². The molecule has 9 nitrogen and oxygen atoms in total. The molecule has 0 saturated heterocycles. The molecule has 1 aromatic heterocycles. The van der Waals surface area contributed by atoms with Crippen molar-refractivity contribution in [2.75, 3.05) is 17.6 Å². The number of benzene rings is 1. The summed E-state index contributed by atoms with van der Waals surface area (Å²) < 4.78 is 25.2. The van der Waals surface area contributed by atoms with Gasteiger partial charge in [0.2, 0.25) is 16.0 Å². The van der Waals surface area contributed by atoms with Crippen LogP contribution in [0.2, 0.25) is 0 Å². The number of carbonyl (C=O) groups is 1. The molecule has 2 rings (SSSR count). The highest BCUT2D eigenvalue weighted by Crippen LogP contribution is 2.31. The summed E-state index contributed by atoms with van der Waals surface area (Å²) in [5.74, 6) is -1.23. The molecule has 0 aliphatic rings. The van der Waals surface area contributed by atoms with Crippen LogP contribution in [0.3, 0.4) is 0 Å². The first-order valence-corrected chi connectivity index (χ1v) is 12.7. The summed E-state index contributed by atoms with van der Waals surface area (Å²) in [6.45, 7) is 3.82. The van der Waals surface area contributed by atoms with Gasteiger partial charge in [-0.15, -0.1) is 9.24 Å². The Morgan fingerprint density at radius 2 is 1.79 bits per heavy atom. The van der Waals surface area contributed by atoms with E-state index in [4.69, 9.17) is 5.11 Å². The molecule has 2 aromatic rings. The lowest BCUT2D eigenvalue weighted by Gasteiger charge is -2.20. The first-order chi connectivity index (χ1) is 15.3. The number of anilines is 1. The van der Waals surface area contributed by atoms with Crippen LogP contribution >= 0.6 is 9.24 Å². The quantitative estimate of drug-likeness (QED) is 0.424. The molecule has 0 fully saturated rings. The Morgan fingerprint density at radius 3 is 2.30 bits per heavy atom. The van der Waals surface area contributed by atoms with Gasteiger partial charge in [-0.2, -0.15) is 0 Å². The van der Waals surface area contributed by atoms with Gasteiger partial charge in [0.1, 0.15) is 0 Å². The lowest BCUT2D eigenvalue weighted by molar-refractivity contribution is -0.139. The summed E-state index contributed by atoms with van der Waals surface area (Å²) in [6, 6.07) is 7.45. The van der Waals surface area contributed by atoms with Crippen LogP contribution in [-0.4, -0.2) is 65.2 Å². The van der Waals surface area contributed by atoms with E-state index >= 15 is 0 Å². The van der Waals surface area contributed by atoms with Gasteiger partial charge in [0.05, 0.1) is 36.3 Å². The minimum Gasteiger partial charge on any atom is -0.481 e.